The van der Waals surface area contributed by atoms with Crippen LogP contribution in [-0.4, -0.2) is 82.8 Å². The highest BCUT2D eigenvalue weighted by Gasteiger charge is 2.38. The van der Waals surface area contributed by atoms with Gasteiger partial charge in [0, 0.05) is 56.5 Å². The van der Waals surface area contributed by atoms with Gasteiger partial charge >= 0.3 is 5.97 Å². The Labute approximate surface area is 293 Å². The van der Waals surface area contributed by atoms with Crippen molar-refractivity contribution in [2.75, 3.05) is 39.2 Å². The number of aliphatic hydroxyl groups is 2. The minimum absolute atomic E-state index is 0.103. The number of β-amino-alcohol motifs (C(OH)–C–C–N with tert-alkyl or cyclic N) is 1. The molecule has 0 spiro atoms. The van der Waals surface area contributed by atoms with E-state index in [0.29, 0.717) is 36.8 Å². The first-order chi connectivity index (χ1) is 24.1. The summed E-state index contributed by atoms with van der Waals surface area (Å²) in [5, 5.41) is 35.1. The van der Waals surface area contributed by atoms with Crippen molar-refractivity contribution in [3.05, 3.63) is 112 Å². The number of aliphatic hydroxyl groups excluding tert-OH is 2. The van der Waals surface area contributed by atoms with Gasteiger partial charge in [0.25, 0.3) is 0 Å². The van der Waals surface area contributed by atoms with Gasteiger partial charge in [0.1, 0.15) is 23.4 Å². The molecule has 0 radical (unpaired) electrons. The van der Waals surface area contributed by atoms with E-state index in [-0.39, 0.29) is 24.1 Å². The van der Waals surface area contributed by atoms with Gasteiger partial charge in [-0.1, -0.05) is 61.5 Å². The molecule has 0 amide bonds. The number of pyridine rings is 1. The lowest BCUT2D eigenvalue weighted by Crippen LogP contribution is -2.43. The van der Waals surface area contributed by atoms with Crippen LogP contribution in [0.15, 0.2) is 79.0 Å². The van der Waals surface area contributed by atoms with E-state index < -0.39 is 30.0 Å². The number of halogens is 1. The van der Waals surface area contributed by atoms with Gasteiger partial charge in [0.15, 0.2) is 0 Å². The zero-order valence-corrected chi connectivity index (χ0v) is 29.0. The standard InChI is InChI=1S/C39H47FN4O6/c1-25-8-5-6-9-32(25)33-10-7-14-39(26(33)2,43-37-17-29(24-49-3)30(20-42-37)21-44-15-13-31(46)22-44)18-34(40)27-11-12-28(36(16-27)50-4)19-41-35(23-45)38(47)48/h5-12,14,16-18,20,26,31,35,41,45-46H,13,15,19,21-24H2,1-4H3,(H,42,43)(H,47,48)/b34-18-/t26?,31-,35+,39?/m0/s1. The Balaban J connectivity index is 1.51. The molecule has 10 nitrogen and oxygen atoms in total. The van der Waals surface area contributed by atoms with Crippen LogP contribution in [0, 0.1) is 12.8 Å². The van der Waals surface area contributed by atoms with Gasteiger partial charge in [0.05, 0.1) is 32.0 Å². The highest BCUT2D eigenvalue weighted by atomic mass is 19.1. The normalized spacial score (nSPS) is 21.6. The van der Waals surface area contributed by atoms with E-state index in [0.717, 1.165) is 40.8 Å². The predicted octanol–water partition coefficient (Wildman–Crippen LogP) is 5.10. The number of ether oxygens (including phenoxy) is 2. The van der Waals surface area contributed by atoms with Crippen molar-refractivity contribution in [2.45, 2.75) is 57.6 Å². The van der Waals surface area contributed by atoms with Gasteiger partial charge in [0.2, 0.25) is 0 Å². The molecular weight excluding hydrogens is 639 g/mol. The fourth-order valence-corrected chi connectivity index (χ4v) is 6.68. The van der Waals surface area contributed by atoms with Crippen molar-refractivity contribution < 1.29 is 34.0 Å². The number of methoxy groups -OCH3 is 2. The molecule has 4 atom stereocenters. The maximum absolute atomic E-state index is 16.6. The number of aromatic nitrogens is 1. The summed E-state index contributed by atoms with van der Waals surface area (Å²) in [6.45, 7) is 6.10. The minimum Gasteiger partial charge on any atom is -0.496 e. The molecule has 50 heavy (non-hydrogen) atoms. The van der Waals surface area contributed by atoms with E-state index >= 15 is 4.39 Å². The van der Waals surface area contributed by atoms with E-state index in [4.69, 9.17) is 14.5 Å². The van der Waals surface area contributed by atoms with E-state index in [9.17, 15) is 20.1 Å². The molecule has 2 heterocycles. The van der Waals surface area contributed by atoms with Crippen LogP contribution >= 0.6 is 0 Å². The van der Waals surface area contributed by atoms with Crippen LogP contribution in [-0.2, 0) is 29.2 Å². The lowest BCUT2D eigenvalue weighted by molar-refractivity contribution is -0.140. The molecule has 0 saturated carbocycles. The zero-order chi connectivity index (χ0) is 35.8. The van der Waals surface area contributed by atoms with Gasteiger partial charge in [-0.3, -0.25) is 15.0 Å². The fraction of sp³-hybridized carbons (Fsp3) is 0.385. The number of anilines is 1. The number of hydrogen-bond acceptors (Lipinski definition) is 9. The SMILES string of the molecule is COCc1cc(NC2(/C=C(\F)c3ccc(CN[C@H](CO)C(=O)O)c(OC)c3)C=CC=C(c3ccccc3C)C2C)ncc1CN1CC[C@H](O)C1. The number of likely N-dealkylation sites (tertiary alicyclic amines) is 1. The van der Waals surface area contributed by atoms with Crippen LogP contribution in [0.4, 0.5) is 10.2 Å². The summed E-state index contributed by atoms with van der Waals surface area (Å²) in [6, 6.07) is 13.8. The minimum atomic E-state index is -1.17. The molecule has 1 aliphatic carbocycles. The topological polar surface area (TPSA) is 136 Å². The summed E-state index contributed by atoms with van der Waals surface area (Å²) in [5.74, 6) is -0.965. The second-order valence-electron chi connectivity index (χ2n) is 13.0. The maximum Gasteiger partial charge on any atom is 0.323 e. The molecule has 266 valence electrons. The van der Waals surface area contributed by atoms with Crippen molar-refractivity contribution in [3.8, 4) is 5.75 Å². The third kappa shape index (κ3) is 8.48. The van der Waals surface area contributed by atoms with Gasteiger partial charge in [-0.05, 0) is 59.4 Å². The van der Waals surface area contributed by atoms with Gasteiger partial charge in [-0.15, -0.1) is 0 Å². The number of rotatable bonds is 15. The molecule has 2 aromatic carbocycles. The summed E-state index contributed by atoms with van der Waals surface area (Å²) in [6.07, 6.45) is 9.79. The number of carboxylic acids is 1. The van der Waals surface area contributed by atoms with Crippen molar-refractivity contribution >= 4 is 23.2 Å². The Kier molecular flexibility index (Phi) is 12.2. The quantitative estimate of drug-likeness (QED) is 0.147. The van der Waals surface area contributed by atoms with Crippen molar-refractivity contribution in [1.82, 2.24) is 15.2 Å². The van der Waals surface area contributed by atoms with Crippen LogP contribution in [0.2, 0.25) is 0 Å². The van der Waals surface area contributed by atoms with Crippen molar-refractivity contribution in [3.63, 3.8) is 0 Å². The number of aryl methyl sites for hydroxylation is 1. The van der Waals surface area contributed by atoms with Crippen LogP contribution in [0.1, 0.15) is 46.7 Å². The first kappa shape index (κ1) is 36.9. The molecule has 1 aliphatic heterocycles. The smallest absolute Gasteiger partial charge is 0.323 e. The molecule has 1 aromatic heterocycles. The third-order valence-corrected chi connectivity index (χ3v) is 9.60. The molecule has 2 unspecified atom stereocenters. The molecule has 1 fully saturated rings. The molecular formula is C39H47FN4O6. The average molecular weight is 687 g/mol. The highest BCUT2D eigenvalue weighted by molar-refractivity contribution is 5.77. The third-order valence-electron chi connectivity index (χ3n) is 9.60. The van der Waals surface area contributed by atoms with Gasteiger partial charge in [-0.25, -0.2) is 9.37 Å². The van der Waals surface area contributed by atoms with E-state index in [1.165, 1.54) is 7.11 Å². The summed E-state index contributed by atoms with van der Waals surface area (Å²) in [4.78, 5) is 18.4. The second-order valence-corrected chi connectivity index (χ2v) is 13.0. The summed E-state index contributed by atoms with van der Waals surface area (Å²) >= 11 is 0. The Morgan fingerprint density at radius 3 is 2.66 bits per heavy atom. The summed E-state index contributed by atoms with van der Waals surface area (Å²) in [5.41, 5.74) is 5.03. The fourth-order valence-electron chi connectivity index (χ4n) is 6.68. The van der Waals surface area contributed by atoms with Crippen molar-refractivity contribution in [2.24, 2.45) is 5.92 Å². The largest absolute Gasteiger partial charge is 0.496 e. The molecule has 3 aromatic rings. The molecule has 2 aliphatic rings. The Hall–Kier alpha value is -4.39. The van der Waals surface area contributed by atoms with Crippen molar-refractivity contribution in [1.29, 1.82) is 0 Å². The first-order valence-electron chi connectivity index (χ1n) is 16.8. The Morgan fingerprint density at radius 2 is 1.98 bits per heavy atom. The average Bonchev–Trinajstić information content (AvgIpc) is 3.52. The second kappa shape index (κ2) is 16.5. The number of carboxylic acid groups (broad SMARTS) is 1. The molecule has 5 rings (SSSR count). The Morgan fingerprint density at radius 1 is 1.18 bits per heavy atom. The summed E-state index contributed by atoms with van der Waals surface area (Å²) in [7, 11) is 3.12. The van der Waals surface area contributed by atoms with Crippen LogP contribution in [0.5, 0.6) is 5.75 Å². The van der Waals surface area contributed by atoms with Gasteiger partial charge < -0.3 is 30.1 Å². The molecule has 1 saturated heterocycles. The van der Waals surface area contributed by atoms with Crippen LogP contribution < -0.4 is 15.4 Å². The molecule has 0 bridgehead atoms. The van der Waals surface area contributed by atoms with Crippen LogP contribution in [0.25, 0.3) is 11.4 Å². The predicted molar refractivity (Wildman–Crippen MR) is 192 cm³/mol. The lowest BCUT2D eigenvalue weighted by Gasteiger charge is -2.39. The zero-order valence-electron chi connectivity index (χ0n) is 29.0. The number of nitrogens with one attached hydrogen (secondary N) is 2. The number of carbonyl (C=O) groups is 1. The lowest BCUT2D eigenvalue weighted by atomic mass is 9.73. The Bertz CT molecular complexity index is 1760. The monoisotopic (exact) mass is 686 g/mol. The highest BCUT2D eigenvalue weighted by Crippen LogP contribution is 2.42. The van der Waals surface area contributed by atoms with E-state index in [2.05, 4.69) is 47.6 Å². The molecule has 11 heteroatoms. The number of allylic oxidation sites excluding steroid dienone is 2. The number of benzene rings is 2. The summed E-state index contributed by atoms with van der Waals surface area (Å²) < 4.78 is 27.7. The van der Waals surface area contributed by atoms with E-state index in [1.807, 2.05) is 36.5 Å². The first-order valence-corrected chi connectivity index (χ1v) is 16.8. The number of aliphatic carboxylic acids is 1. The number of nitrogens with zero attached hydrogens (tertiary/aromatic N) is 2. The van der Waals surface area contributed by atoms with E-state index in [1.54, 1.807) is 31.4 Å². The molecule has 5 N–H and O–H groups in total. The van der Waals surface area contributed by atoms with Gasteiger partial charge in [-0.2, -0.15) is 0 Å². The van der Waals surface area contributed by atoms with Crippen LogP contribution in [0.3, 0.4) is 0 Å². The number of hydrogen-bond donors (Lipinski definition) is 5. The maximum atomic E-state index is 16.6.